The number of carbonyl (C=O) groups excluding carboxylic acids is 1. The van der Waals surface area contributed by atoms with Crippen LogP contribution in [0, 0.1) is 0 Å². The molecule has 3 aromatic rings. The molecular formula is C20H13ClN2O4S2. The average molecular weight is 445 g/mol. The van der Waals surface area contributed by atoms with Crippen molar-refractivity contribution in [3.8, 4) is 5.75 Å². The second-order valence-corrected chi connectivity index (χ2v) is 9.10. The zero-order valence-electron chi connectivity index (χ0n) is 14.7. The molecule has 0 unspecified atom stereocenters. The highest BCUT2D eigenvalue weighted by atomic mass is 35.5. The largest absolute Gasteiger partial charge is 0.378 e. The quantitative estimate of drug-likeness (QED) is 0.478. The van der Waals surface area contributed by atoms with Crippen molar-refractivity contribution in [2.24, 2.45) is 10.7 Å². The number of halogens is 1. The fourth-order valence-corrected chi connectivity index (χ4v) is 4.56. The van der Waals surface area contributed by atoms with Gasteiger partial charge in [-0.15, -0.1) is 0 Å². The highest BCUT2D eigenvalue weighted by Gasteiger charge is 2.23. The van der Waals surface area contributed by atoms with Crippen molar-refractivity contribution in [3.05, 3.63) is 76.2 Å². The van der Waals surface area contributed by atoms with Gasteiger partial charge in [-0.2, -0.15) is 13.4 Å². The highest BCUT2D eigenvalue weighted by molar-refractivity contribution is 8.18. The number of hydrogen-bond donors (Lipinski definition) is 1. The molecule has 9 heteroatoms. The number of amidine groups is 1. The first-order valence-electron chi connectivity index (χ1n) is 8.33. The number of amides is 1. The van der Waals surface area contributed by atoms with Gasteiger partial charge in [-0.1, -0.05) is 41.9 Å². The van der Waals surface area contributed by atoms with Gasteiger partial charge in [0.25, 0.3) is 5.91 Å². The van der Waals surface area contributed by atoms with Gasteiger partial charge >= 0.3 is 10.1 Å². The summed E-state index contributed by atoms with van der Waals surface area (Å²) >= 11 is 6.86. The first kappa shape index (κ1) is 19.5. The number of fused-ring (bicyclic) bond motifs is 1. The van der Waals surface area contributed by atoms with Crippen LogP contribution in [-0.4, -0.2) is 19.5 Å². The van der Waals surface area contributed by atoms with Gasteiger partial charge in [0.2, 0.25) is 0 Å². The summed E-state index contributed by atoms with van der Waals surface area (Å²) in [6, 6.07) is 16.3. The number of thioether (sulfide) groups is 1. The average Bonchev–Trinajstić information content (AvgIpc) is 3.00. The molecule has 1 heterocycles. The Morgan fingerprint density at radius 3 is 2.45 bits per heavy atom. The number of carbonyl (C=O) groups is 1. The molecule has 0 saturated heterocycles. The van der Waals surface area contributed by atoms with Crippen LogP contribution in [-0.2, 0) is 14.9 Å². The van der Waals surface area contributed by atoms with E-state index >= 15 is 0 Å². The zero-order valence-corrected chi connectivity index (χ0v) is 17.1. The monoisotopic (exact) mass is 444 g/mol. The third-order valence-corrected chi connectivity index (χ3v) is 6.46. The Balaban J connectivity index is 1.83. The molecule has 4 rings (SSSR count). The van der Waals surface area contributed by atoms with Gasteiger partial charge in [-0.3, -0.25) is 4.79 Å². The summed E-state index contributed by atoms with van der Waals surface area (Å²) in [5, 5.41) is 2.13. The van der Waals surface area contributed by atoms with Gasteiger partial charge < -0.3 is 9.92 Å². The van der Waals surface area contributed by atoms with Gasteiger partial charge in [0.1, 0.15) is 4.90 Å². The molecule has 0 fully saturated rings. The number of nitrogens with two attached hydrogens (primary N) is 1. The van der Waals surface area contributed by atoms with Crippen LogP contribution in [0.25, 0.3) is 16.8 Å². The highest BCUT2D eigenvalue weighted by Crippen LogP contribution is 2.35. The van der Waals surface area contributed by atoms with E-state index in [4.69, 9.17) is 21.5 Å². The third kappa shape index (κ3) is 4.00. The lowest BCUT2D eigenvalue weighted by Gasteiger charge is -2.12. The minimum absolute atomic E-state index is 0.0347. The smallest absolute Gasteiger partial charge is 0.339 e. The predicted molar refractivity (Wildman–Crippen MR) is 115 cm³/mol. The third-order valence-electron chi connectivity index (χ3n) is 4.14. The molecule has 3 aromatic carbocycles. The van der Waals surface area contributed by atoms with E-state index < -0.39 is 16.0 Å². The minimum Gasteiger partial charge on any atom is -0.378 e. The number of benzene rings is 3. The van der Waals surface area contributed by atoms with Crippen molar-refractivity contribution in [3.63, 3.8) is 0 Å². The number of nitrogens with zero attached hydrogens (tertiary/aromatic N) is 1. The van der Waals surface area contributed by atoms with Crippen LogP contribution >= 0.6 is 23.4 Å². The van der Waals surface area contributed by atoms with E-state index in [1.807, 2.05) is 24.3 Å². The van der Waals surface area contributed by atoms with Crippen molar-refractivity contribution >= 4 is 61.4 Å². The molecule has 146 valence electrons. The summed E-state index contributed by atoms with van der Waals surface area (Å²) < 4.78 is 30.9. The van der Waals surface area contributed by atoms with Crippen molar-refractivity contribution in [2.45, 2.75) is 4.90 Å². The molecule has 29 heavy (non-hydrogen) atoms. The van der Waals surface area contributed by atoms with Crippen LogP contribution in [0.15, 0.2) is 75.5 Å². The summed E-state index contributed by atoms with van der Waals surface area (Å²) in [5.74, 6) is -0.392. The lowest BCUT2D eigenvalue weighted by atomic mass is 10.0. The molecular weight excluding hydrogens is 432 g/mol. The van der Waals surface area contributed by atoms with Crippen LogP contribution in [0.4, 0.5) is 0 Å². The number of rotatable bonds is 4. The van der Waals surface area contributed by atoms with Crippen molar-refractivity contribution in [1.29, 1.82) is 0 Å². The van der Waals surface area contributed by atoms with Gasteiger partial charge in [0, 0.05) is 10.6 Å². The number of hydrogen-bond acceptors (Lipinski definition) is 6. The Labute approximate surface area is 176 Å². The molecule has 1 aliphatic heterocycles. The maximum atomic E-state index is 12.8. The first-order valence-corrected chi connectivity index (χ1v) is 10.9. The second kappa shape index (κ2) is 7.55. The van der Waals surface area contributed by atoms with Crippen molar-refractivity contribution in [2.75, 3.05) is 0 Å². The molecule has 6 nitrogen and oxygen atoms in total. The lowest BCUT2D eigenvalue weighted by molar-refractivity contribution is -0.113. The van der Waals surface area contributed by atoms with E-state index in [-0.39, 0.29) is 20.7 Å². The Hall–Kier alpha value is -2.81. The maximum absolute atomic E-state index is 12.8. The standard InChI is InChI=1S/C20H13ClN2O4S2/c21-13-6-8-14(9-7-13)29(25,26)27-17-10-5-12-3-1-2-4-15(12)16(17)11-18-19(24)23-20(22)28-18/h1-11H,(H2,22,23,24)/b18-11-. The molecule has 0 saturated carbocycles. The molecule has 1 aliphatic rings. The van der Waals surface area contributed by atoms with E-state index in [2.05, 4.69) is 4.99 Å². The van der Waals surface area contributed by atoms with E-state index in [1.54, 1.807) is 18.2 Å². The van der Waals surface area contributed by atoms with E-state index in [9.17, 15) is 13.2 Å². The summed E-state index contributed by atoms with van der Waals surface area (Å²) in [6.45, 7) is 0. The second-order valence-electron chi connectivity index (χ2n) is 6.06. The summed E-state index contributed by atoms with van der Waals surface area (Å²) in [5.41, 5.74) is 6.07. The molecule has 0 aliphatic carbocycles. The lowest BCUT2D eigenvalue weighted by Crippen LogP contribution is -2.10. The van der Waals surface area contributed by atoms with Gasteiger partial charge in [-0.25, -0.2) is 0 Å². The van der Waals surface area contributed by atoms with Crippen LogP contribution < -0.4 is 9.92 Å². The number of aliphatic imine (C=N–C) groups is 1. The molecule has 1 amide bonds. The van der Waals surface area contributed by atoms with E-state index in [1.165, 1.54) is 24.3 Å². The molecule has 0 radical (unpaired) electrons. The maximum Gasteiger partial charge on any atom is 0.339 e. The normalized spacial score (nSPS) is 15.7. The Morgan fingerprint density at radius 1 is 1.03 bits per heavy atom. The van der Waals surface area contributed by atoms with Crippen LogP contribution in [0.3, 0.4) is 0 Å². The summed E-state index contributed by atoms with van der Waals surface area (Å²) in [6.07, 6.45) is 1.55. The molecule has 0 atom stereocenters. The molecule has 0 spiro atoms. The summed E-state index contributed by atoms with van der Waals surface area (Å²) in [7, 11) is -4.11. The van der Waals surface area contributed by atoms with Crippen LogP contribution in [0.2, 0.25) is 5.02 Å². The van der Waals surface area contributed by atoms with Crippen LogP contribution in [0.1, 0.15) is 5.56 Å². The predicted octanol–water partition coefficient (Wildman–Crippen LogP) is 4.19. The Morgan fingerprint density at radius 2 is 1.76 bits per heavy atom. The van der Waals surface area contributed by atoms with E-state index in [0.717, 1.165) is 22.5 Å². The fraction of sp³-hybridized carbons (Fsp3) is 0. The fourth-order valence-electron chi connectivity index (χ4n) is 2.82. The Bertz CT molecular complexity index is 1300. The molecule has 0 bridgehead atoms. The first-order chi connectivity index (χ1) is 13.8. The Kier molecular flexibility index (Phi) is 5.08. The van der Waals surface area contributed by atoms with Crippen molar-refractivity contribution < 1.29 is 17.4 Å². The van der Waals surface area contributed by atoms with Gasteiger partial charge in [0.05, 0.1) is 4.91 Å². The van der Waals surface area contributed by atoms with Gasteiger partial charge in [-0.05, 0) is 58.9 Å². The van der Waals surface area contributed by atoms with E-state index in [0.29, 0.717) is 10.6 Å². The van der Waals surface area contributed by atoms with Crippen molar-refractivity contribution in [1.82, 2.24) is 0 Å². The zero-order chi connectivity index (χ0) is 20.6. The molecule has 2 N–H and O–H groups in total. The topological polar surface area (TPSA) is 98.8 Å². The minimum atomic E-state index is -4.11. The summed E-state index contributed by atoms with van der Waals surface area (Å²) in [4.78, 5) is 16.0. The molecule has 0 aromatic heterocycles. The van der Waals surface area contributed by atoms with Gasteiger partial charge in [0.15, 0.2) is 10.9 Å². The van der Waals surface area contributed by atoms with Crippen LogP contribution in [0.5, 0.6) is 5.75 Å². The SMILES string of the molecule is NC1=NC(=O)/C(=C/c2c(OS(=O)(=O)c3ccc(Cl)cc3)ccc3ccccc23)S1.